The number of alkyl carbamates (subject to hydrolysis) is 1. The summed E-state index contributed by atoms with van der Waals surface area (Å²) in [5.41, 5.74) is 0.370. The molecule has 4 N–H and O–H groups in total. The third kappa shape index (κ3) is 7.64. The highest BCUT2D eigenvalue weighted by Crippen LogP contribution is 2.33. The third-order valence-corrected chi connectivity index (χ3v) is 6.30. The van der Waals surface area contributed by atoms with Crippen molar-refractivity contribution in [3.8, 4) is 5.75 Å². The second-order valence-electron chi connectivity index (χ2n) is 10.1. The number of hydrogen-bond acceptors (Lipinski definition) is 7. The van der Waals surface area contributed by atoms with Gasteiger partial charge in [0.2, 0.25) is 5.91 Å². The first kappa shape index (κ1) is 29.8. The zero-order chi connectivity index (χ0) is 28.7. The highest BCUT2D eigenvalue weighted by molar-refractivity contribution is 7.80. The highest BCUT2D eigenvalue weighted by atomic mass is 32.1. The monoisotopic (exact) mass is 553 g/mol. The second kappa shape index (κ2) is 12.9. The number of benzene rings is 3. The molecule has 0 aliphatic carbocycles. The van der Waals surface area contributed by atoms with Gasteiger partial charge in [-0.1, -0.05) is 48.5 Å². The molecule has 0 aliphatic rings. The minimum atomic E-state index is -1.33. The molecular weight excluding hydrogens is 518 g/mol. The zero-order valence-electron chi connectivity index (χ0n) is 22.5. The van der Waals surface area contributed by atoms with Gasteiger partial charge in [0.1, 0.15) is 23.4 Å². The van der Waals surface area contributed by atoms with Crippen molar-refractivity contribution in [2.45, 2.75) is 45.4 Å². The molecule has 9 nitrogen and oxygen atoms in total. The van der Waals surface area contributed by atoms with Gasteiger partial charge >= 0.3 is 6.09 Å². The van der Waals surface area contributed by atoms with Crippen LogP contribution >= 0.6 is 12.6 Å². The lowest BCUT2D eigenvalue weighted by atomic mass is 9.99. The first-order valence-electron chi connectivity index (χ1n) is 12.5. The van der Waals surface area contributed by atoms with Crippen LogP contribution in [0.15, 0.2) is 60.7 Å². The number of rotatable bonds is 9. The average molecular weight is 554 g/mol. The van der Waals surface area contributed by atoms with Crippen LogP contribution in [-0.4, -0.2) is 63.6 Å². The summed E-state index contributed by atoms with van der Waals surface area (Å²) in [4.78, 5) is 41.1. The topological polar surface area (TPSA) is 128 Å². The Labute approximate surface area is 233 Å². The molecule has 2 unspecified atom stereocenters. The molecule has 3 aromatic rings. The fourth-order valence-electron chi connectivity index (χ4n) is 4.14. The molecule has 2 atom stereocenters. The SMILES string of the molecule is Cc1cccc(C(C(=O)Nc2ccc3ccccc3c2)N(CCO)C(=O)C(CS)NC(=O)OC(C)(C)C)c1O. The van der Waals surface area contributed by atoms with Crippen molar-refractivity contribution in [3.05, 3.63) is 71.8 Å². The van der Waals surface area contributed by atoms with Crippen LogP contribution in [0.1, 0.15) is 37.9 Å². The summed E-state index contributed by atoms with van der Waals surface area (Å²) in [5, 5.41) is 28.0. The van der Waals surface area contributed by atoms with Crippen LogP contribution in [0, 0.1) is 6.92 Å². The number of anilines is 1. The second-order valence-corrected chi connectivity index (χ2v) is 10.5. The van der Waals surface area contributed by atoms with Gasteiger partial charge in [0.05, 0.1) is 6.61 Å². The predicted octanol–water partition coefficient (Wildman–Crippen LogP) is 4.18. The van der Waals surface area contributed by atoms with Crippen LogP contribution in [-0.2, 0) is 14.3 Å². The van der Waals surface area contributed by atoms with E-state index >= 15 is 0 Å². The summed E-state index contributed by atoms with van der Waals surface area (Å²) >= 11 is 4.23. The zero-order valence-corrected chi connectivity index (χ0v) is 23.4. The van der Waals surface area contributed by atoms with Crippen molar-refractivity contribution >= 4 is 47.0 Å². The number of para-hydroxylation sites is 1. The summed E-state index contributed by atoms with van der Waals surface area (Å²) in [6, 6.07) is 15.5. The van der Waals surface area contributed by atoms with Gasteiger partial charge in [-0.05, 0) is 56.2 Å². The molecule has 3 aromatic carbocycles. The van der Waals surface area contributed by atoms with E-state index in [0.717, 1.165) is 15.7 Å². The van der Waals surface area contributed by atoms with Crippen LogP contribution < -0.4 is 10.6 Å². The predicted molar refractivity (Wildman–Crippen MR) is 154 cm³/mol. The maximum absolute atomic E-state index is 13.8. The number of fused-ring (bicyclic) bond motifs is 1. The number of nitrogens with zero attached hydrogens (tertiary/aromatic N) is 1. The highest BCUT2D eigenvalue weighted by Gasteiger charge is 2.37. The summed E-state index contributed by atoms with van der Waals surface area (Å²) in [6.45, 7) is 6.03. The van der Waals surface area contributed by atoms with Gasteiger partial charge in [-0.3, -0.25) is 9.59 Å². The molecule has 39 heavy (non-hydrogen) atoms. The smallest absolute Gasteiger partial charge is 0.408 e. The number of phenols is 1. The lowest BCUT2D eigenvalue weighted by molar-refractivity contribution is -0.140. The molecule has 0 bridgehead atoms. The molecule has 208 valence electrons. The number of thiol groups is 1. The van der Waals surface area contributed by atoms with E-state index in [1.54, 1.807) is 58.0 Å². The number of aliphatic hydroxyl groups excluding tert-OH is 1. The van der Waals surface area contributed by atoms with Crippen molar-refractivity contribution in [1.82, 2.24) is 10.2 Å². The van der Waals surface area contributed by atoms with E-state index in [9.17, 15) is 24.6 Å². The number of aryl methyl sites for hydroxylation is 1. The van der Waals surface area contributed by atoms with Crippen molar-refractivity contribution < 1.29 is 29.3 Å². The first-order valence-corrected chi connectivity index (χ1v) is 13.2. The lowest BCUT2D eigenvalue weighted by Crippen LogP contribution is -2.53. The van der Waals surface area contributed by atoms with Gasteiger partial charge < -0.3 is 30.5 Å². The van der Waals surface area contributed by atoms with Crippen LogP contribution in [0.25, 0.3) is 10.8 Å². The average Bonchev–Trinajstić information content (AvgIpc) is 2.87. The van der Waals surface area contributed by atoms with Gasteiger partial charge in [-0.2, -0.15) is 12.6 Å². The Bertz CT molecular complexity index is 1340. The fraction of sp³-hybridized carbons (Fsp3) is 0.345. The number of aromatic hydroxyl groups is 1. The number of aliphatic hydroxyl groups is 1. The van der Waals surface area contributed by atoms with Crippen LogP contribution in [0.5, 0.6) is 5.75 Å². The molecule has 0 saturated heterocycles. The number of phenolic OH excluding ortho intramolecular Hbond substituents is 1. The van der Waals surface area contributed by atoms with Crippen LogP contribution in [0.3, 0.4) is 0 Å². The first-order chi connectivity index (χ1) is 18.4. The summed E-state index contributed by atoms with van der Waals surface area (Å²) in [6.07, 6.45) is -0.825. The normalized spacial score (nSPS) is 12.9. The fourth-order valence-corrected chi connectivity index (χ4v) is 4.39. The molecule has 0 spiro atoms. The molecule has 0 radical (unpaired) electrons. The van der Waals surface area contributed by atoms with Gasteiger partial charge in [0, 0.05) is 23.5 Å². The molecule has 0 aliphatic heterocycles. The van der Waals surface area contributed by atoms with Crippen LogP contribution in [0.2, 0.25) is 0 Å². The quantitative estimate of drug-likeness (QED) is 0.253. The van der Waals surface area contributed by atoms with E-state index in [4.69, 9.17) is 4.74 Å². The van der Waals surface area contributed by atoms with Crippen molar-refractivity contribution in [3.63, 3.8) is 0 Å². The maximum atomic E-state index is 13.8. The molecule has 3 amide bonds. The number of carbonyl (C=O) groups excluding carboxylic acids is 3. The Morgan fingerprint density at radius 1 is 1.03 bits per heavy atom. The van der Waals surface area contributed by atoms with Gasteiger partial charge in [-0.15, -0.1) is 0 Å². The van der Waals surface area contributed by atoms with Crippen LogP contribution in [0.4, 0.5) is 10.5 Å². The molecule has 0 fully saturated rings. The third-order valence-electron chi connectivity index (χ3n) is 5.94. The molecule has 0 saturated carbocycles. The Balaban J connectivity index is 2.01. The van der Waals surface area contributed by atoms with E-state index in [-0.39, 0.29) is 23.6 Å². The Hall–Kier alpha value is -3.76. The van der Waals surface area contributed by atoms with Crippen molar-refractivity contribution in [2.75, 3.05) is 24.2 Å². The van der Waals surface area contributed by atoms with Crippen molar-refractivity contribution in [1.29, 1.82) is 0 Å². The van der Waals surface area contributed by atoms with E-state index in [1.807, 2.05) is 30.3 Å². The number of amides is 3. The Morgan fingerprint density at radius 2 is 1.72 bits per heavy atom. The van der Waals surface area contributed by atoms with Gasteiger partial charge in [0.25, 0.3) is 5.91 Å². The van der Waals surface area contributed by atoms with Crippen molar-refractivity contribution in [2.24, 2.45) is 0 Å². The van der Waals surface area contributed by atoms with Gasteiger partial charge in [0.15, 0.2) is 0 Å². The minimum Gasteiger partial charge on any atom is -0.507 e. The van der Waals surface area contributed by atoms with E-state index in [1.165, 1.54) is 0 Å². The standard InChI is InChI=1S/C29H35N3O6S/c1-18-8-7-11-22(25(18)34)24(26(35)30-21-13-12-19-9-5-6-10-20(19)16-21)32(14-15-33)27(36)23(17-39)31-28(37)38-29(2,3)4/h5-13,16,23-24,33-34,39H,14-15,17H2,1-4H3,(H,30,35)(H,31,37). The minimum absolute atomic E-state index is 0.0984. The molecule has 0 heterocycles. The number of hydrogen-bond donors (Lipinski definition) is 5. The number of nitrogens with one attached hydrogen (secondary N) is 2. The Kier molecular flexibility index (Phi) is 9.82. The molecular formula is C29H35N3O6S. The number of ether oxygens (including phenoxy) is 1. The van der Waals surface area contributed by atoms with Gasteiger partial charge in [-0.25, -0.2) is 4.79 Å². The maximum Gasteiger partial charge on any atom is 0.408 e. The summed E-state index contributed by atoms with van der Waals surface area (Å²) in [5.74, 6) is -1.54. The number of carbonyl (C=O) groups is 3. The summed E-state index contributed by atoms with van der Waals surface area (Å²) < 4.78 is 5.28. The molecule has 10 heteroatoms. The van der Waals surface area contributed by atoms with E-state index in [2.05, 4.69) is 23.3 Å². The Morgan fingerprint density at radius 3 is 2.36 bits per heavy atom. The molecule has 3 rings (SSSR count). The van der Waals surface area contributed by atoms with E-state index < -0.39 is 42.2 Å². The largest absolute Gasteiger partial charge is 0.507 e. The van der Waals surface area contributed by atoms with E-state index in [0.29, 0.717) is 11.3 Å². The lowest BCUT2D eigenvalue weighted by Gasteiger charge is -2.34. The molecule has 0 aromatic heterocycles. The summed E-state index contributed by atoms with van der Waals surface area (Å²) in [7, 11) is 0.